The first-order chi connectivity index (χ1) is 3.31. The third-order valence-electron chi connectivity index (χ3n) is 0.657. The molecule has 40 valence electrons. The molecule has 0 fully saturated rings. The second kappa shape index (κ2) is 3.56. The van der Waals surface area contributed by atoms with Crippen LogP contribution < -0.4 is 5.32 Å². The zero-order chi connectivity index (χ0) is 5.70. The summed E-state index contributed by atoms with van der Waals surface area (Å²) in [6, 6.07) is 0. The second-order valence-corrected chi connectivity index (χ2v) is 1.39. The molecule has 0 aliphatic heterocycles. The highest BCUT2D eigenvalue weighted by atomic mass is 14.8. The fourth-order valence-corrected chi connectivity index (χ4v) is 0.311. The molecule has 0 aliphatic rings. The van der Waals surface area contributed by atoms with Gasteiger partial charge in [0.1, 0.15) is 0 Å². The topological polar surface area (TPSA) is 40.5 Å². The molecule has 0 saturated heterocycles. The summed E-state index contributed by atoms with van der Waals surface area (Å²) in [7, 11) is 1.94. The third-order valence-corrected chi connectivity index (χ3v) is 0.657. The first-order valence-electron chi connectivity index (χ1n) is 2.28. The molecular formula is C5H11N2+. The van der Waals surface area contributed by atoms with E-state index in [1.807, 2.05) is 25.5 Å². The molecule has 0 aromatic carbocycles. The third kappa shape index (κ3) is 3.19. The van der Waals surface area contributed by atoms with Gasteiger partial charge in [0.25, 0.3) is 0 Å². The van der Waals surface area contributed by atoms with E-state index >= 15 is 0 Å². The van der Waals surface area contributed by atoms with Crippen LogP contribution in [0.15, 0.2) is 11.8 Å². The summed E-state index contributed by atoms with van der Waals surface area (Å²) in [4.78, 5) is 0. The van der Waals surface area contributed by atoms with Crippen molar-refractivity contribution in [3.63, 3.8) is 0 Å². The van der Waals surface area contributed by atoms with E-state index in [4.69, 9.17) is 5.41 Å². The Morgan fingerprint density at radius 3 is 2.43 bits per heavy atom. The monoisotopic (exact) mass is 99.1 g/mol. The lowest BCUT2D eigenvalue weighted by Gasteiger charge is -1.80. The van der Waals surface area contributed by atoms with Crippen LogP contribution in [0.1, 0.15) is 6.92 Å². The molecule has 2 nitrogen and oxygen atoms in total. The summed E-state index contributed by atoms with van der Waals surface area (Å²) in [5.74, 6) is 0. The van der Waals surface area contributed by atoms with E-state index in [1.54, 1.807) is 0 Å². The molecule has 0 amide bonds. The normalized spacial score (nSPS) is 11.4. The summed E-state index contributed by atoms with van der Waals surface area (Å²) in [5, 5.41) is 8.62. The molecule has 0 bridgehead atoms. The minimum Gasteiger partial charge on any atom is -0.322 e. The van der Waals surface area contributed by atoms with E-state index in [1.165, 1.54) is 6.21 Å². The molecule has 2 heteroatoms. The van der Waals surface area contributed by atoms with E-state index in [9.17, 15) is 0 Å². The number of hydrogen-bond donors (Lipinski definition) is 2. The number of allylic oxidation sites excluding steroid dienone is 1. The molecule has 0 atom stereocenters. The van der Waals surface area contributed by atoms with Gasteiger partial charge in [-0.3, -0.25) is 0 Å². The van der Waals surface area contributed by atoms with Gasteiger partial charge in [0, 0.05) is 11.8 Å². The molecule has 0 saturated carbocycles. The Hall–Kier alpha value is -0.630. The zero-order valence-corrected chi connectivity index (χ0v) is 4.73. The quantitative estimate of drug-likeness (QED) is 0.448. The molecule has 0 aliphatic carbocycles. The van der Waals surface area contributed by atoms with Gasteiger partial charge in [-0.05, 0) is 6.92 Å². The summed E-state index contributed by atoms with van der Waals surface area (Å²) < 4.78 is 0. The van der Waals surface area contributed by atoms with Crippen LogP contribution in [0.5, 0.6) is 0 Å². The van der Waals surface area contributed by atoms with Crippen LogP contribution in [-0.4, -0.2) is 13.3 Å². The minimum atomic E-state index is 0.988. The van der Waals surface area contributed by atoms with Crippen molar-refractivity contribution in [3.8, 4) is 0 Å². The molecule has 0 unspecified atom stereocenters. The second-order valence-electron chi connectivity index (χ2n) is 1.39. The molecule has 0 spiro atoms. The van der Waals surface area contributed by atoms with Crippen LogP contribution in [-0.2, 0) is 0 Å². The van der Waals surface area contributed by atoms with Crippen molar-refractivity contribution < 1.29 is 5.32 Å². The van der Waals surface area contributed by atoms with Crippen molar-refractivity contribution in [2.45, 2.75) is 6.92 Å². The molecule has 0 aromatic rings. The van der Waals surface area contributed by atoms with Crippen molar-refractivity contribution in [2.75, 3.05) is 7.05 Å². The van der Waals surface area contributed by atoms with Gasteiger partial charge >= 0.3 is 0 Å². The number of quaternary nitrogens is 1. The van der Waals surface area contributed by atoms with Gasteiger partial charge in [0.15, 0.2) is 0 Å². The SMILES string of the molecule is C[NH2+]/C=C(/C)C=N. The molecule has 0 radical (unpaired) electrons. The van der Waals surface area contributed by atoms with Crippen molar-refractivity contribution in [3.05, 3.63) is 11.8 Å². The maximum absolute atomic E-state index is 6.70. The Morgan fingerprint density at radius 1 is 1.71 bits per heavy atom. The smallest absolute Gasteiger partial charge is 0.0968 e. The maximum atomic E-state index is 6.70. The van der Waals surface area contributed by atoms with Crippen molar-refractivity contribution in [1.29, 1.82) is 5.41 Å². The van der Waals surface area contributed by atoms with Gasteiger partial charge in [-0.2, -0.15) is 0 Å². The molecule has 0 aromatic heterocycles. The minimum absolute atomic E-state index is 0.988. The van der Waals surface area contributed by atoms with E-state index in [0.717, 1.165) is 5.57 Å². The van der Waals surface area contributed by atoms with E-state index in [-0.39, 0.29) is 0 Å². The predicted octanol–water partition coefficient (Wildman–Crippen LogP) is -0.267. The highest BCUT2D eigenvalue weighted by Gasteiger charge is 1.76. The summed E-state index contributed by atoms with van der Waals surface area (Å²) >= 11 is 0. The van der Waals surface area contributed by atoms with Gasteiger partial charge in [0.2, 0.25) is 0 Å². The van der Waals surface area contributed by atoms with Crippen LogP contribution in [0.25, 0.3) is 0 Å². The first kappa shape index (κ1) is 6.37. The molecular weight excluding hydrogens is 88.1 g/mol. The Balaban J connectivity index is 3.49. The van der Waals surface area contributed by atoms with Crippen LogP contribution in [0.3, 0.4) is 0 Å². The summed E-state index contributed by atoms with van der Waals surface area (Å²) in [5.41, 5.74) is 0.988. The van der Waals surface area contributed by atoms with Crippen LogP contribution in [0.2, 0.25) is 0 Å². The van der Waals surface area contributed by atoms with Crippen LogP contribution in [0.4, 0.5) is 0 Å². The number of hydrogen-bond acceptors (Lipinski definition) is 1. The Kier molecular flexibility index (Phi) is 3.24. The highest BCUT2D eigenvalue weighted by molar-refractivity contribution is 5.73. The van der Waals surface area contributed by atoms with Crippen molar-refractivity contribution in [2.24, 2.45) is 0 Å². The Morgan fingerprint density at radius 2 is 2.29 bits per heavy atom. The average Bonchev–Trinajstić information content (AvgIpc) is 1.68. The Labute approximate surface area is 43.7 Å². The summed E-state index contributed by atoms with van der Waals surface area (Å²) in [6.07, 6.45) is 3.23. The lowest BCUT2D eigenvalue weighted by Crippen LogP contribution is -2.72. The van der Waals surface area contributed by atoms with Crippen molar-refractivity contribution in [1.82, 2.24) is 0 Å². The molecule has 0 rings (SSSR count). The molecule has 0 heterocycles. The van der Waals surface area contributed by atoms with Gasteiger partial charge in [0.05, 0.1) is 13.2 Å². The van der Waals surface area contributed by atoms with Crippen molar-refractivity contribution >= 4 is 6.21 Å². The summed E-state index contributed by atoms with van der Waals surface area (Å²) in [6.45, 7) is 1.90. The fourth-order valence-electron chi connectivity index (χ4n) is 0.311. The fraction of sp³-hybridized carbons (Fsp3) is 0.400. The average molecular weight is 99.2 g/mol. The first-order valence-corrected chi connectivity index (χ1v) is 2.28. The maximum Gasteiger partial charge on any atom is 0.0968 e. The van der Waals surface area contributed by atoms with E-state index < -0.39 is 0 Å². The highest BCUT2D eigenvalue weighted by Crippen LogP contribution is 1.75. The molecule has 7 heavy (non-hydrogen) atoms. The van der Waals surface area contributed by atoms with Gasteiger partial charge in [-0.1, -0.05) is 0 Å². The lowest BCUT2D eigenvalue weighted by atomic mass is 10.4. The largest absolute Gasteiger partial charge is 0.322 e. The standard InChI is InChI=1S/C5H10N2/c1-5(3-6)4-7-2/h3-4,6-7H,1-2H3/p+1/b5-4-,6-3?. The van der Waals surface area contributed by atoms with E-state index in [0.29, 0.717) is 0 Å². The number of nitrogens with one attached hydrogen (secondary N) is 1. The zero-order valence-electron chi connectivity index (χ0n) is 4.73. The number of nitrogens with two attached hydrogens (primary N) is 1. The predicted molar refractivity (Wildman–Crippen MR) is 30.4 cm³/mol. The molecule has 3 N–H and O–H groups in total. The Bertz CT molecular complexity index is 84.1. The van der Waals surface area contributed by atoms with Gasteiger partial charge < -0.3 is 10.7 Å². The number of rotatable bonds is 2. The van der Waals surface area contributed by atoms with Gasteiger partial charge in [-0.25, -0.2) is 0 Å². The van der Waals surface area contributed by atoms with E-state index in [2.05, 4.69) is 0 Å². The lowest BCUT2D eigenvalue weighted by molar-refractivity contribution is -0.556. The van der Waals surface area contributed by atoms with Crippen LogP contribution >= 0.6 is 0 Å². The van der Waals surface area contributed by atoms with Crippen LogP contribution in [0, 0.1) is 5.41 Å². The van der Waals surface area contributed by atoms with Gasteiger partial charge in [-0.15, -0.1) is 0 Å².